The number of carbonyl (C=O) groups is 1. The molecule has 1 aromatic rings. The zero-order valence-electron chi connectivity index (χ0n) is 9.68. The first-order chi connectivity index (χ1) is 8.99. The van der Waals surface area contributed by atoms with Gasteiger partial charge in [-0.2, -0.15) is 0 Å². The number of amides is 1. The summed E-state index contributed by atoms with van der Waals surface area (Å²) >= 11 is 0. The minimum atomic E-state index is -0.758. The molecule has 0 radical (unpaired) electrons. The summed E-state index contributed by atoms with van der Waals surface area (Å²) in [5.41, 5.74) is -0.987. The van der Waals surface area contributed by atoms with E-state index in [4.69, 9.17) is 0 Å². The predicted molar refractivity (Wildman–Crippen MR) is 64.8 cm³/mol. The summed E-state index contributed by atoms with van der Waals surface area (Å²) in [5.74, 6) is -0.461. The third-order valence-corrected chi connectivity index (χ3v) is 2.68. The molecule has 2 rings (SSSR count). The third kappa shape index (κ3) is 2.57. The fraction of sp³-hybridized carbons (Fsp3) is 0.182. The Labute approximate surface area is 107 Å². The summed E-state index contributed by atoms with van der Waals surface area (Å²) in [6, 6.07) is 2.93. The van der Waals surface area contributed by atoms with Crippen molar-refractivity contribution in [2.75, 3.05) is 13.1 Å². The van der Waals surface area contributed by atoms with Crippen molar-refractivity contribution < 1.29 is 14.6 Å². The van der Waals surface area contributed by atoms with Crippen molar-refractivity contribution in [1.82, 2.24) is 4.90 Å². The highest BCUT2D eigenvalue weighted by molar-refractivity contribution is 5.96. The zero-order chi connectivity index (χ0) is 14.0. The van der Waals surface area contributed by atoms with Gasteiger partial charge in [-0.3, -0.25) is 25.0 Å². The lowest BCUT2D eigenvalue weighted by Crippen LogP contribution is -2.28. The number of nitro benzene ring substituents is 2. The maximum Gasteiger partial charge on any atom is 0.277 e. The number of benzene rings is 1. The Morgan fingerprint density at radius 3 is 1.89 bits per heavy atom. The van der Waals surface area contributed by atoms with E-state index < -0.39 is 27.1 Å². The number of carbonyl (C=O) groups excluding carboxylic acids is 1. The summed E-state index contributed by atoms with van der Waals surface area (Å²) in [4.78, 5) is 33.4. The van der Waals surface area contributed by atoms with E-state index in [-0.39, 0.29) is 5.56 Å². The maximum atomic E-state index is 12.0. The van der Waals surface area contributed by atoms with Crippen molar-refractivity contribution in [1.29, 1.82) is 0 Å². The highest BCUT2D eigenvalue weighted by Crippen LogP contribution is 2.24. The molecule has 1 aliphatic rings. The molecule has 0 N–H and O–H groups in total. The molecule has 8 nitrogen and oxygen atoms in total. The van der Waals surface area contributed by atoms with Crippen LogP contribution >= 0.6 is 0 Å². The first kappa shape index (κ1) is 12.7. The topological polar surface area (TPSA) is 107 Å². The lowest BCUT2D eigenvalue weighted by atomic mass is 10.1. The largest absolute Gasteiger partial charge is 0.331 e. The van der Waals surface area contributed by atoms with Gasteiger partial charge in [0.15, 0.2) is 0 Å². The van der Waals surface area contributed by atoms with Crippen molar-refractivity contribution in [2.24, 2.45) is 0 Å². The first-order valence-corrected chi connectivity index (χ1v) is 5.37. The highest BCUT2D eigenvalue weighted by atomic mass is 16.6. The molecule has 0 aromatic heterocycles. The Balaban J connectivity index is 2.41. The van der Waals surface area contributed by atoms with Gasteiger partial charge in [0, 0.05) is 25.2 Å². The van der Waals surface area contributed by atoms with Crippen LogP contribution in [0.1, 0.15) is 10.4 Å². The fourth-order valence-corrected chi connectivity index (χ4v) is 1.76. The molecule has 1 amide bonds. The molecule has 0 bridgehead atoms. The fourth-order valence-electron chi connectivity index (χ4n) is 1.76. The molecule has 1 aliphatic heterocycles. The molecule has 1 heterocycles. The lowest BCUT2D eigenvalue weighted by molar-refractivity contribution is -0.394. The standard InChI is InChI=1S/C11H9N3O5/c15-11(12-3-1-2-4-12)8-5-9(13(16)17)7-10(6-8)14(18)19/h1-2,5-7H,3-4H2. The van der Waals surface area contributed by atoms with Crippen LogP contribution in [-0.4, -0.2) is 33.7 Å². The molecule has 0 fully saturated rings. The van der Waals surface area contributed by atoms with Gasteiger partial charge in [0.1, 0.15) is 0 Å². The van der Waals surface area contributed by atoms with Crippen LogP contribution in [0.2, 0.25) is 0 Å². The minimum absolute atomic E-state index is 0.0513. The summed E-state index contributed by atoms with van der Waals surface area (Å²) in [7, 11) is 0. The van der Waals surface area contributed by atoms with Gasteiger partial charge in [0.25, 0.3) is 17.3 Å². The average molecular weight is 263 g/mol. The van der Waals surface area contributed by atoms with Crippen molar-refractivity contribution in [3.8, 4) is 0 Å². The molecule has 98 valence electrons. The van der Waals surface area contributed by atoms with Crippen LogP contribution in [0.5, 0.6) is 0 Å². The van der Waals surface area contributed by atoms with E-state index in [1.165, 1.54) is 4.90 Å². The van der Waals surface area contributed by atoms with E-state index in [0.717, 1.165) is 18.2 Å². The molecule has 19 heavy (non-hydrogen) atoms. The molecule has 0 spiro atoms. The number of nitrogens with zero attached hydrogens (tertiary/aromatic N) is 3. The number of hydrogen-bond acceptors (Lipinski definition) is 5. The van der Waals surface area contributed by atoms with Crippen LogP contribution < -0.4 is 0 Å². The van der Waals surface area contributed by atoms with Gasteiger partial charge in [-0.25, -0.2) is 0 Å². The van der Waals surface area contributed by atoms with Gasteiger partial charge >= 0.3 is 0 Å². The minimum Gasteiger partial charge on any atom is -0.331 e. The van der Waals surface area contributed by atoms with Gasteiger partial charge in [0.05, 0.1) is 21.5 Å². The average Bonchev–Trinajstić information content (AvgIpc) is 2.91. The second-order valence-corrected chi connectivity index (χ2v) is 3.93. The number of nitro groups is 2. The summed E-state index contributed by atoms with van der Waals surface area (Å²) < 4.78 is 0. The Bertz CT molecular complexity index is 556. The molecular weight excluding hydrogens is 254 g/mol. The SMILES string of the molecule is O=C(c1cc([N+](=O)[O-])cc([N+](=O)[O-])c1)N1CC=CC1. The smallest absolute Gasteiger partial charge is 0.277 e. The molecular formula is C11H9N3O5. The second-order valence-electron chi connectivity index (χ2n) is 3.93. The van der Waals surface area contributed by atoms with Gasteiger partial charge in [-0.1, -0.05) is 12.2 Å². The Hall–Kier alpha value is -2.77. The van der Waals surface area contributed by atoms with Gasteiger partial charge in [-0.15, -0.1) is 0 Å². The van der Waals surface area contributed by atoms with Gasteiger partial charge < -0.3 is 4.90 Å². The first-order valence-electron chi connectivity index (χ1n) is 5.37. The Morgan fingerprint density at radius 2 is 1.47 bits per heavy atom. The van der Waals surface area contributed by atoms with Crippen molar-refractivity contribution in [3.63, 3.8) is 0 Å². The van der Waals surface area contributed by atoms with Crippen LogP contribution in [0.15, 0.2) is 30.4 Å². The Morgan fingerprint density at radius 1 is 1.00 bits per heavy atom. The van der Waals surface area contributed by atoms with Crippen LogP contribution in [0.3, 0.4) is 0 Å². The van der Waals surface area contributed by atoms with E-state index >= 15 is 0 Å². The van der Waals surface area contributed by atoms with Crippen LogP contribution in [-0.2, 0) is 0 Å². The van der Waals surface area contributed by atoms with Crippen LogP contribution in [0, 0.1) is 20.2 Å². The lowest BCUT2D eigenvalue weighted by Gasteiger charge is -2.14. The molecule has 0 atom stereocenters. The maximum absolute atomic E-state index is 12.0. The van der Waals surface area contributed by atoms with Crippen molar-refractivity contribution in [2.45, 2.75) is 0 Å². The summed E-state index contributed by atoms with van der Waals surface area (Å²) in [5, 5.41) is 21.4. The summed E-state index contributed by atoms with van der Waals surface area (Å²) in [6.07, 6.45) is 3.56. The van der Waals surface area contributed by atoms with Crippen LogP contribution in [0.25, 0.3) is 0 Å². The second kappa shape index (κ2) is 4.84. The van der Waals surface area contributed by atoms with Crippen molar-refractivity contribution >= 4 is 17.3 Å². The molecule has 0 saturated heterocycles. The molecule has 8 heteroatoms. The number of rotatable bonds is 3. The van der Waals surface area contributed by atoms with Gasteiger partial charge in [-0.05, 0) is 0 Å². The Kier molecular flexibility index (Phi) is 3.23. The highest BCUT2D eigenvalue weighted by Gasteiger charge is 2.23. The third-order valence-electron chi connectivity index (χ3n) is 2.68. The molecule has 0 saturated carbocycles. The van der Waals surface area contributed by atoms with E-state index in [9.17, 15) is 25.0 Å². The van der Waals surface area contributed by atoms with Gasteiger partial charge in [0.2, 0.25) is 0 Å². The number of non-ortho nitro benzene ring substituents is 2. The predicted octanol–water partition coefficient (Wildman–Crippen LogP) is 1.51. The quantitative estimate of drug-likeness (QED) is 0.466. The normalized spacial score (nSPS) is 13.6. The summed E-state index contributed by atoms with van der Waals surface area (Å²) in [6.45, 7) is 0.796. The van der Waals surface area contributed by atoms with E-state index in [1.807, 2.05) is 0 Å². The van der Waals surface area contributed by atoms with E-state index in [0.29, 0.717) is 13.1 Å². The monoisotopic (exact) mass is 263 g/mol. The number of hydrogen-bond donors (Lipinski definition) is 0. The molecule has 0 unspecified atom stereocenters. The van der Waals surface area contributed by atoms with Crippen LogP contribution in [0.4, 0.5) is 11.4 Å². The molecule has 1 aromatic carbocycles. The van der Waals surface area contributed by atoms with E-state index in [2.05, 4.69) is 0 Å². The van der Waals surface area contributed by atoms with Crippen molar-refractivity contribution in [3.05, 3.63) is 56.1 Å². The molecule has 0 aliphatic carbocycles. The zero-order valence-corrected chi connectivity index (χ0v) is 9.68. The van der Waals surface area contributed by atoms with E-state index in [1.54, 1.807) is 12.2 Å².